The number of rotatable bonds is 6. The van der Waals surface area contributed by atoms with Crippen LogP contribution < -0.4 is 4.13 Å². The summed E-state index contributed by atoms with van der Waals surface area (Å²) in [6, 6.07) is 0. The predicted octanol–water partition coefficient (Wildman–Crippen LogP) is 0.505. The monoisotopic (exact) mass is 287 g/mol. The van der Waals surface area contributed by atoms with Gasteiger partial charge in [0.25, 0.3) is 0 Å². The molecule has 0 heterocycles. The molecule has 98 valence electrons. The van der Waals surface area contributed by atoms with Gasteiger partial charge in [0.05, 0.1) is 12.4 Å². The minimum atomic E-state index is -5.92. The second-order valence-electron chi connectivity index (χ2n) is 2.75. The molecule has 0 fully saturated rings. The van der Waals surface area contributed by atoms with Gasteiger partial charge in [-0.2, -0.15) is 13.2 Å². The van der Waals surface area contributed by atoms with Gasteiger partial charge in [-0.15, -0.1) is 4.13 Å². The van der Waals surface area contributed by atoms with Crippen molar-refractivity contribution in [2.24, 2.45) is 0 Å². The van der Waals surface area contributed by atoms with Crippen molar-refractivity contribution < 1.29 is 34.4 Å². The van der Waals surface area contributed by atoms with Crippen molar-refractivity contribution in [3.8, 4) is 0 Å². The van der Waals surface area contributed by atoms with Crippen molar-refractivity contribution in [3.63, 3.8) is 0 Å². The standard InChI is InChI=1S/C5H9F4NO4S2/c6-3-1-2-4-15(11,12)10-16(13,14)5(7,8)9/h10H,1-4H2. The highest BCUT2D eigenvalue weighted by molar-refractivity contribution is 8.05. The van der Waals surface area contributed by atoms with Crippen LogP contribution in [-0.4, -0.2) is 34.8 Å². The number of sulfonamides is 2. The summed E-state index contributed by atoms with van der Waals surface area (Å²) in [6.45, 7) is -0.832. The summed E-state index contributed by atoms with van der Waals surface area (Å²) in [5, 5.41) is 0. The lowest BCUT2D eigenvalue weighted by atomic mass is 10.4. The second-order valence-corrected chi connectivity index (χ2v) is 6.52. The van der Waals surface area contributed by atoms with Gasteiger partial charge in [0, 0.05) is 0 Å². The van der Waals surface area contributed by atoms with E-state index in [4.69, 9.17) is 0 Å². The lowest BCUT2D eigenvalue weighted by Crippen LogP contribution is -2.41. The van der Waals surface area contributed by atoms with E-state index in [9.17, 15) is 34.4 Å². The Hall–Kier alpha value is -0.420. The Bertz CT molecular complexity index is 412. The average molecular weight is 287 g/mol. The van der Waals surface area contributed by atoms with E-state index in [1.807, 2.05) is 0 Å². The van der Waals surface area contributed by atoms with E-state index in [1.165, 1.54) is 0 Å². The average Bonchev–Trinajstić information content (AvgIpc) is 1.99. The Balaban J connectivity index is 4.62. The van der Waals surface area contributed by atoms with Crippen molar-refractivity contribution in [2.75, 3.05) is 12.4 Å². The van der Waals surface area contributed by atoms with E-state index in [0.717, 1.165) is 0 Å². The Kier molecular flexibility index (Phi) is 5.14. The maximum atomic E-state index is 11.8. The summed E-state index contributed by atoms with van der Waals surface area (Å²) >= 11 is 0. The first-order valence-electron chi connectivity index (χ1n) is 3.90. The third-order valence-corrected chi connectivity index (χ3v) is 4.67. The molecule has 0 aromatic carbocycles. The smallest absolute Gasteiger partial charge is 0.251 e. The summed E-state index contributed by atoms with van der Waals surface area (Å²) in [4.78, 5) is 0. The molecule has 0 rings (SSSR count). The number of hydrogen-bond acceptors (Lipinski definition) is 4. The lowest BCUT2D eigenvalue weighted by Gasteiger charge is -2.09. The summed E-state index contributed by atoms with van der Waals surface area (Å²) < 4.78 is 90.0. The zero-order valence-corrected chi connectivity index (χ0v) is 9.42. The van der Waals surface area contributed by atoms with E-state index in [0.29, 0.717) is 4.13 Å². The molecule has 5 nitrogen and oxygen atoms in total. The van der Waals surface area contributed by atoms with Crippen LogP contribution >= 0.6 is 0 Å². The summed E-state index contributed by atoms with van der Waals surface area (Å²) in [5.41, 5.74) is -5.69. The van der Waals surface area contributed by atoms with Crippen molar-refractivity contribution >= 4 is 20.0 Å². The van der Waals surface area contributed by atoms with E-state index >= 15 is 0 Å². The highest BCUT2D eigenvalue weighted by atomic mass is 32.3. The Morgan fingerprint density at radius 1 is 1.00 bits per heavy atom. The Morgan fingerprint density at radius 3 is 1.88 bits per heavy atom. The molecule has 0 saturated heterocycles. The molecule has 0 aliphatic heterocycles. The van der Waals surface area contributed by atoms with Gasteiger partial charge >= 0.3 is 15.5 Å². The molecule has 0 unspecified atom stereocenters. The summed E-state index contributed by atoms with van der Waals surface area (Å²) in [6.07, 6.45) is -0.438. The largest absolute Gasteiger partial charge is 0.512 e. The van der Waals surface area contributed by atoms with Crippen LogP contribution in [0.15, 0.2) is 0 Å². The zero-order chi connectivity index (χ0) is 13.0. The molecule has 0 atom stereocenters. The molecule has 0 aromatic heterocycles. The molecular formula is C5H9F4NO4S2. The highest BCUT2D eigenvalue weighted by Crippen LogP contribution is 2.22. The van der Waals surface area contributed by atoms with Crippen LogP contribution in [0, 0.1) is 0 Å². The quantitative estimate of drug-likeness (QED) is 0.570. The van der Waals surface area contributed by atoms with Gasteiger partial charge in [-0.05, 0) is 12.8 Å². The third kappa shape index (κ3) is 5.07. The fraction of sp³-hybridized carbons (Fsp3) is 1.00. The van der Waals surface area contributed by atoms with Crippen LogP contribution in [0.4, 0.5) is 17.6 Å². The van der Waals surface area contributed by atoms with Gasteiger partial charge < -0.3 is 0 Å². The van der Waals surface area contributed by atoms with Gasteiger partial charge in [0.1, 0.15) is 0 Å². The van der Waals surface area contributed by atoms with Crippen molar-refractivity contribution in [2.45, 2.75) is 18.3 Å². The first kappa shape index (κ1) is 15.6. The SMILES string of the molecule is O=S(=O)(CCCCF)NS(=O)(=O)C(F)(F)F. The Labute approximate surface area is 89.9 Å². The van der Waals surface area contributed by atoms with Gasteiger partial charge in [-0.3, -0.25) is 4.39 Å². The Morgan fingerprint density at radius 2 is 1.50 bits per heavy atom. The minimum absolute atomic E-state index is 0.174. The van der Waals surface area contributed by atoms with Gasteiger partial charge in [0.2, 0.25) is 10.0 Å². The predicted molar refractivity (Wildman–Crippen MR) is 47.1 cm³/mol. The van der Waals surface area contributed by atoms with Crippen molar-refractivity contribution in [1.82, 2.24) is 4.13 Å². The van der Waals surface area contributed by atoms with Crippen LogP contribution in [-0.2, 0) is 20.0 Å². The van der Waals surface area contributed by atoms with Crippen LogP contribution in [0.2, 0.25) is 0 Å². The van der Waals surface area contributed by atoms with E-state index in [-0.39, 0.29) is 12.8 Å². The van der Waals surface area contributed by atoms with Gasteiger partial charge in [0.15, 0.2) is 0 Å². The molecule has 1 N–H and O–H groups in total. The van der Waals surface area contributed by atoms with Crippen LogP contribution in [0.3, 0.4) is 0 Å². The van der Waals surface area contributed by atoms with Crippen molar-refractivity contribution in [3.05, 3.63) is 0 Å². The van der Waals surface area contributed by atoms with E-state index in [2.05, 4.69) is 0 Å². The number of unbranched alkanes of at least 4 members (excludes halogenated alkanes) is 1. The van der Waals surface area contributed by atoms with E-state index < -0.39 is 38.0 Å². The number of alkyl halides is 4. The maximum Gasteiger partial charge on any atom is 0.512 e. The molecule has 16 heavy (non-hydrogen) atoms. The molecule has 0 aliphatic carbocycles. The van der Waals surface area contributed by atoms with Crippen LogP contribution in [0.1, 0.15) is 12.8 Å². The van der Waals surface area contributed by atoms with Crippen molar-refractivity contribution in [1.29, 1.82) is 0 Å². The molecule has 0 saturated carbocycles. The number of nitrogens with one attached hydrogen (secondary N) is 1. The van der Waals surface area contributed by atoms with Crippen LogP contribution in [0.25, 0.3) is 0 Å². The fourth-order valence-corrected chi connectivity index (χ4v) is 3.28. The topological polar surface area (TPSA) is 80.3 Å². The molecular weight excluding hydrogens is 278 g/mol. The number of halogens is 4. The minimum Gasteiger partial charge on any atom is -0.251 e. The number of hydrogen-bond donors (Lipinski definition) is 1. The molecule has 0 spiro atoms. The first-order chi connectivity index (χ1) is 7.02. The fourth-order valence-electron chi connectivity index (χ4n) is 0.643. The molecule has 0 amide bonds. The normalized spacial score (nSPS) is 14.0. The third-order valence-electron chi connectivity index (χ3n) is 1.34. The molecule has 0 radical (unpaired) electrons. The summed E-state index contributed by atoms with van der Waals surface area (Å²) in [5.74, 6) is -0.883. The first-order valence-corrected chi connectivity index (χ1v) is 7.04. The molecule has 0 aromatic rings. The van der Waals surface area contributed by atoms with Gasteiger partial charge in [-0.25, -0.2) is 16.8 Å². The zero-order valence-electron chi connectivity index (χ0n) is 7.79. The van der Waals surface area contributed by atoms with Crippen LogP contribution in [0.5, 0.6) is 0 Å². The lowest BCUT2D eigenvalue weighted by molar-refractivity contribution is -0.0441. The maximum absolute atomic E-state index is 11.8. The highest BCUT2D eigenvalue weighted by Gasteiger charge is 2.48. The molecule has 0 bridgehead atoms. The van der Waals surface area contributed by atoms with Gasteiger partial charge in [-0.1, -0.05) is 0 Å². The summed E-state index contributed by atoms with van der Waals surface area (Å²) in [7, 11) is -10.5. The second kappa shape index (κ2) is 5.27. The molecule has 11 heteroatoms. The molecule has 0 aliphatic rings. The van der Waals surface area contributed by atoms with E-state index in [1.54, 1.807) is 0 Å².